The van der Waals surface area contributed by atoms with Gasteiger partial charge in [-0.05, 0) is 30.5 Å². The first-order valence-corrected chi connectivity index (χ1v) is 9.13. The molecule has 0 saturated heterocycles. The van der Waals surface area contributed by atoms with E-state index in [1.54, 1.807) is 0 Å². The first-order chi connectivity index (χ1) is 11.6. The number of carboxylic acids is 1. The van der Waals surface area contributed by atoms with E-state index in [2.05, 4.69) is 26.2 Å². The molecule has 1 amide bonds. The molecule has 3 N–H and O–H groups in total. The maximum Gasteiger partial charge on any atom is 0.326 e. The molecule has 128 valence electrons. The lowest BCUT2D eigenvalue weighted by Crippen LogP contribution is -2.45. The summed E-state index contributed by atoms with van der Waals surface area (Å²) in [6.07, 6.45) is 7.05. The summed E-state index contributed by atoms with van der Waals surface area (Å²) >= 11 is 3.51. The second-order valence-corrected chi connectivity index (χ2v) is 7.27. The fraction of sp³-hybridized carbons (Fsp3) is 0.444. The van der Waals surface area contributed by atoms with Crippen LogP contribution in [0.5, 0.6) is 0 Å². The number of hydrogen-bond acceptors (Lipinski definition) is 2. The summed E-state index contributed by atoms with van der Waals surface area (Å²) in [4.78, 5) is 27.2. The molecule has 3 rings (SSSR count). The summed E-state index contributed by atoms with van der Waals surface area (Å²) in [5.41, 5.74) is 1.83. The van der Waals surface area contributed by atoms with Crippen LogP contribution in [-0.2, 0) is 16.0 Å². The van der Waals surface area contributed by atoms with Gasteiger partial charge in [0, 0.05) is 33.9 Å². The van der Waals surface area contributed by atoms with Crippen LogP contribution in [0.2, 0.25) is 0 Å². The molecule has 0 spiro atoms. The summed E-state index contributed by atoms with van der Waals surface area (Å²) in [6.45, 7) is 0. The van der Waals surface area contributed by atoms with Gasteiger partial charge in [0.1, 0.15) is 6.04 Å². The zero-order valence-electron chi connectivity index (χ0n) is 13.3. The second-order valence-electron chi connectivity index (χ2n) is 6.41. The van der Waals surface area contributed by atoms with Crippen molar-refractivity contribution in [2.75, 3.05) is 0 Å². The lowest BCUT2D eigenvalue weighted by molar-refractivity contribution is -0.142. The van der Waals surface area contributed by atoms with E-state index >= 15 is 0 Å². The molecule has 0 aliphatic heterocycles. The van der Waals surface area contributed by atoms with Gasteiger partial charge in [0.25, 0.3) is 0 Å². The van der Waals surface area contributed by atoms with Crippen LogP contribution in [0.3, 0.4) is 0 Å². The Hall–Kier alpha value is -1.82. The van der Waals surface area contributed by atoms with Crippen LogP contribution in [0.15, 0.2) is 28.9 Å². The Morgan fingerprint density at radius 1 is 1.29 bits per heavy atom. The number of nitrogens with one attached hydrogen (secondary N) is 2. The van der Waals surface area contributed by atoms with Crippen molar-refractivity contribution in [2.24, 2.45) is 5.92 Å². The predicted molar refractivity (Wildman–Crippen MR) is 95.8 cm³/mol. The van der Waals surface area contributed by atoms with E-state index in [1.807, 2.05) is 24.4 Å². The Bertz CT molecular complexity index is 750. The monoisotopic (exact) mass is 392 g/mol. The molecule has 5 nitrogen and oxygen atoms in total. The van der Waals surface area contributed by atoms with Gasteiger partial charge in [0.05, 0.1) is 0 Å². The van der Waals surface area contributed by atoms with Crippen molar-refractivity contribution in [3.63, 3.8) is 0 Å². The first kappa shape index (κ1) is 17.0. The SMILES string of the molecule is O=C(NC(Cc1c[nH]c2cccc(Br)c12)C(=O)O)C1CCCCC1. The van der Waals surface area contributed by atoms with E-state index in [9.17, 15) is 14.7 Å². The van der Waals surface area contributed by atoms with Crippen molar-refractivity contribution >= 4 is 38.7 Å². The zero-order valence-corrected chi connectivity index (χ0v) is 14.9. The van der Waals surface area contributed by atoms with Crippen LogP contribution in [0.25, 0.3) is 10.9 Å². The topological polar surface area (TPSA) is 82.2 Å². The Labute approximate surface area is 149 Å². The Kier molecular flexibility index (Phi) is 5.23. The number of aromatic amines is 1. The number of carbonyl (C=O) groups is 2. The number of halogens is 1. The lowest BCUT2D eigenvalue weighted by Gasteiger charge is -2.23. The molecule has 1 aliphatic rings. The Morgan fingerprint density at radius 2 is 2.04 bits per heavy atom. The number of benzene rings is 1. The minimum atomic E-state index is -0.999. The Morgan fingerprint density at radius 3 is 2.75 bits per heavy atom. The van der Waals surface area contributed by atoms with Crippen LogP contribution in [0, 0.1) is 5.92 Å². The second kappa shape index (κ2) is 7.38. The van der Waals surface area contributed by atoms with Crippen molar-refractivity contribution in [1.29, 1.82) is 0 Å². The minimum Gasteiger partial charge on any atom is -0.480 e. The van der Waals surface area contributed by atoms with E-state index in [0.29, 0.717) is 0 Å². The van der Waals surface area contributed by atoms with E-state index in [0.717, 1.165) is 53.0 Å². The van der Waals surface area contributed by atoms with Crippen molar-refractivity contribution in [1.82, 2.24) is 10.3 Å². The van der Waals surface area contributed by atoms with Crippen molar-refractivity contribution in [2.45, 2.75) is 44.6 Å². The summed E-state index contributed by atoms with van der Waals surface area (Å²) in [6, 6.07) is 4.88. The molecule has 1 aliphatic carbocycles. The van der Waals surface area contributed by atoms with Crippen molar-refractivity contribution < 1.29 is 14.7 Å². The number of fused-ring (bicyclic) bond motifs is 1. The first-order valence-electron chi connectivity index (χ1n) is 8.34. The van der Waals surface area contributed by atoms with Gasteiger partial charge in [-0.25, -0.2) is 4.79 Å². The van der Waals surface area contributed by atoms with Gasteiger partial charge < -0.3 is 15.4 Å². The third kappa shape index (κ3) is 3.64. The van der Waals surface area contributed by atoms with Gasteiger partial charge >= 0.3 is 5.97 Å². The minimum absolute atomic E-state index is 0.0460. The van der Waals surface area contributed by atoms with Crippen molar-refractivity contribution in [3.05, 3.63) is 34.4 Å². The quantitative estimate of drug-likeness (QED) is 0.726. The highest BCUT2D eigenvalue weighted by molar-refractivity contribution is 9.10. The number of aromatic nitrogens is 1. The van der Waals surface area contributed by atoms with E-state index < -0.39 is 12.0 Å². The number of hydrogen-bond donors (Lipinski definition) is 3. The van der Waals surface area contributed by atoms with Gasteiger partial charge in [-0.3, -0.25) is 4.79 Å². The average molecular weight is 393 g/mol. The van der Waals surface area contributed by atoms with Crippen molar-refractivity contribution in [3.8, 4) is 0 Å². The standard InChI is InChI=1S/C18H21BrN2O3/c19-13-7-4-8-14-16(13)12(10-20-14)9-15(18(23)24)21-17(22)11-5-2-1-3-6-11/h4,7-8,10-11,15,20H,1-3,5-6,9H2,(H,21,22)(H,23,24). The van der Waals surface area contributed by atoms with Gasteiger partial charge in [-0.15, -0.1) is 0 Å². The molecule has 6 heteroatoms. The largest absolute Gasteiger partial charge is 0.480 e. The lowest BCUT2D eigenvalue weighted by atomic mass is 9.88. The smallest absolute Gasteiger partial charge is 0.326 e. The summed E-state index contributed by atoms with van der Waals surface area (Å²) in [5, 5.41) is 13.2. The van der Waals surface area contributed by atoms with E-state index in [1.165, 1.54) is 0 Å². The van der Waals surface area contributed by atoms with Gasteiger partial charge in [-0.1, -0.05) is 41.3 Å². The molecule has 1 fully saturated rings. The summed E-state index contributed by atoms with van der Waals surface area (Å²) < 4.78 is 0.916. The normalized spacial score (nSPS) is 16.9. The summed E-state index contributed by atoms with van der Waals surface area (Å²) in [5.74, 6) is -1.17. The van der Waals surface area contributed by atoms with Crippen LogP contribution in [0.4, 0.5) is 0 Å². The number of H-pyrrole nitrogens is 1. The van der Waals surface area contributed by atoms with Crippen LogP contribution >= 0.6 is 15.9 Å². The number of carboxylic acid groups (broad SMARTS) is 1. The molecule has 1 saturated carbocycles. The average Bonchev–Trinajstić information content (AvgIpc) is 2.99. The van der Waals surface area contributed by atoms with E-state index in [4.69, 9.17) is 0 Å². The number of amides is 1. The molecule has 24 heavy (non-hydrogen) atoms. The fourth-order valence-electron chi connectivity index (χ4n) is 3.44. The third-order valence-electron chi connectivity index (χ3n) is 4.75. The highest BCUT2D eigenvalue weighted by Gasteiger charge is 2.27. The van der Waals surface area contributed by atoms with Gasteiger partial charge in [0.2, 0.25) is 5.91 Å². The Balaban J connectivity index is 1.76. The van der Waals surface area contributed by atoms with E-state index in [-0.39, 0.29) is 18.2 Å². The van der Waals surface area contributed by atoms with Crippen LogP contribution in [-0.4, -0.2) is 28.0 Å². The molecule has 0 radical (unpaired) electrons. The molecule has 1 heterocycles. The number of rotatable bonds is 5. The summed E-state index contributed by atoms with van der Waals surface area (Å²) in [7, 11) is 0. The highest BCUT2D eigenvalue weighted by Crippen LogP contribution is 2.28. The van der Waals surface area contributed by atoms with Crippen LogP contribution in [0.1, 0.15) is 37.7 Å². The van der Waals surface area contributed by atoms with Crippen LogP contribution < -0.4 is 5.32 Å². The van der Waals surface area contributed by atoms with Gasteiger partial charge in [0.15, 0.2) is 0 Å². The predicted octanol–water partition coefficient (Wildman–Crippen LogP) is 3.62. The molecule has 1 atom stereocenters. The zero-order chi connectivity index (χ0) is 17.1. The number of aliphatic carboxylic acids is 1. The molecular formula is C18H21BrN2O3. The fourth-order valence-corrected chi connectivity index (χ4v) is 4.06. The number of carbonyl (C=O) groups excluding carboxylic acids is 1. The molecule has 2 aromatic rings. The molecule has 1 unspecified atom stereocenters. The molecule has 1 aromatic carbocycles. The molecule has 0 bridgehead atoms. The molecule has 1 aromatic heterocycles. The van der Waals surface area contributed by atoms with Gasteiger partial charge in [-0.2, -0.15) is 0 Å². The maximum absolute atomic E-state index is 12.4. The third-order valence-corrected chi connectivity index (χ3v) is 5.41. The highest BCUT2D eigenvalue weighted by atomic mass is 79.9. The maximum atomic E-state index is 12.4. The molecular weight excluding hydrogens is 372 g/mol.